The first kappa shape index (κ1) is 25.3. The largest absolute Gasteiger partial charge is 0.489 e. The lowest BCUT2D eigenvalue weighted by Gasteiger charge is -2.32. The summed E-state index contributed by atoms with van der Waals surface area (Å²) < 4.78 is 7.28. The number of hydrogen-bond acceptors (Lipinski definition) is 8. The van der Waals surface area contributed by atoms with Crippen LogP contribution in [0, 0.1) is 11.3 Å². The zero-order valence-electron chi connectivity index (χ0n) is 21.3. The molecule has 0 atom stereocenters. The Bertz CT molecular complexity index is 1490. The third kappa shape index (κ3) is 6.29. The van der Waals surface area contributed by atoms with Crippen LogP contribution in [0.5, 0.6) is 5.75 Å². The van der Waals surface area contributed by atoms with Crippen molar-refractivity contribution in [2.24, 2.45) is 0 Å². The van der Waals surface area contributed by atoms with Gasteiger partial charge in [0.25, 0.3) is 5.56 Å². The lowest BCUT2D eigenvalue weighted by Crippen LogP contribution is -2.45. The molecule has 9 nitrogen and oxygen atoms in total. The van der Waals surface area contributed by atoms with Crippen LogP contribution in [-0.4, -0.2) is 75.9 Å². The highest BCUT2D eigenvalue weighted by molar-refractivity contribution is 5.60. The van der Waals surface area contributed by atoms with Crippen LogP contribution in [-0.2, 0) is 6.54 Å². The molecule has 192 valence electrons. The van der Waals surface area contributed by atoms with Gasteiger partial charge in [0.1, 0.15) is 6.61 Å². The summed E-state index contributed by atoms with van der Waals surface area (Å²) in [6.45, 7) is 6.08. The highest BCUT2D eigenvalue weighted by Gasteiger charge is 2.13. The van der Waals surface area contributed by atoms with Crippen molar-refractivity contribution in [2.75, 3.05) is 46.4 Å². The molecule has 0 N–H and O–H groups in total. The summed E-state index contributed by atoms with van der Waals surface area (Å²) in [5.74, 6) is 1.23. The Morgan fingerprint density at radius 3 is 2.50 bits per heavy atom. The summed E-state index contributed by atoms with van der Waals surface area (Å²) in [5, 5.41) is 13.7. The maximum absolute atomic E-state index is 12.5. The highest BCUT2D eigenvalue weighted by atomic mass is 16.5. The standard InChI is InChI=1S/C29H29N7O2/c1-34-10-12-35(13-11-34)14-15-38-26-19-31-29(32-20-26)25-7-3-5-23(17-25)21-36-28(37)9-8-27(33-36)24-6-2-4-22(16-24)18-30/h2-9,16-17,19-20H,10-15,21H2,1H3. The fourth-order valence-corrected chi connectivity index (χ4v) is 4.35. The lowest BCUT2D eigenvalue weighted by molar-refractivity contribution is 0.133. The monoisotopic (exact) mass is 507 g/mol. The Morgan fingerprint density at radius 1 is 0.947 bits per heavy atom. The lowest BCUT2D eigenvalue weighted by atomic mass is 10.1. The molecule has 38 heavy (non-hydrogen) atoms. The van der Waals surface area contributed by atoms with Crippen molar-refractivity contribution in [3.8, 4) is 34.5 Å². The Balaban J connectivity index is 1.24. The molecule has 5 rings (SSSR count). The molecule has 1 aliphatic heterocycles. The molecular formula is C29H29N7O2. The molecule has 1 fully saturated rings. The molecule has 9 heteroatoms. The second-order valence-electron chi connectivity index (χ2n) is 9.34. The molecule has 1 aliphatic rings. The molecule has 4 aromatic rings. The number of ether oxygens (including phenoxy) is 1. The van der Waals surface area contributed by atoms with E-state index in [0.717, 1.165) is 49.4 Å². The van der Waals surface area contributed by atoms with Gasteiger partial charge in [-0.3, -0.25) is 9.69 Å². The maximum atomic E-state index is 12.5. The van der Waals surface area contributed by atoms with Crippen molar-refractivity contribution in [3.63, 3.8) is 0 Å². The third-order valence-corrected chi connectivity index (χ3v) is 6.57. The number of likely N-dealkylation sites (N-methyl/N-ethyl adjacent to an activating group) is 1. The smallest absolute Gasteiger partial charge is 0.267 e. The summed E-state index contributed by atoms with van der Waals surface area (Å²) in [7, 11) is 2.15. The maximum Gasteiger partial charge on any atom is 0.267 e. The van der Waals surface area contributed by atoms with Gasteiger partial charge in [-0.05, 0) is 36.9 Å². The fourth-order valence-electron chi connectivity index (χ4n) is 4.35. The highest BCUT2D eigenvalue weighted by Crippen LogP contribution is 2.20. The quantitative estimate of drug-likeness (QED) is 0.359. The molecule has 0 amide bonds. The average molecular weight is 508 g/mol. The van der Waals surface area contributed by atoms with Gasteiger partial charge in [-0.15, -0.1) is 0 Å². The molecule has 3 heterocycles. The van der Waals surface area contributed by atoms with E-state index in [1.807, 2.05) is 30.3 Å². The summed E-state index contributed by atoms with van der Waals surface area (Å²) in [6.07, 6.45) is 3.40. The van der Waals surface area contributed by atoms with Crippen LogP contribution in [0.15, 0.2) is 77.9 Å². The fraction of sp³-hybridized carbons (Fsp3) is 0.276. The molecule has 0 bridgehead atoms. The van der Waals surface area contributed by atoms with E-state index < -0.39 is 0 Å². The van der Waals surface area contributed by atoms with Crippen LogP contribution >= 0.6 is 0 Å². The summed E-state index contributed by atoms with van der Waals surface area (Å²) in [5.41, 5.74) is 3.50. The van der Waals surface area contributed by atoms with E-state index in [1.54, 1.807) is 36.7 Å². The number of piperazine rings is 1. The Morgan fingerprint density at radius 2 is 1.71 bits per heavy atom. The van der Waals surface area contributed by atoms with E-state index in [2.05, 4.69) is 38.0 Å². The van der Waals surface area contributed by atoms with Crippen molar-refractivity contribution in [1.29, 1.82) is 5.26 Å². The first-order valence-electron chi connectivity index (χ1n) is 12.6. The minimum absolute atomic E-state index is 0.204. The topological polar surface area (TPSA) is 100 Å². The number of nitriles is 1. The van der Waals surface area contributed by atoms with Crippen molar-refractivity contribution in [2.45, 2.75) is 6.54 Å². The molecule has 2 aromatic heterocycles. The van der Waals surface area contributed by atoms with Crippen LogP contribution in [0.1, 0.15) is 11.1 Å². The minimum Gasteiger partial charge on any atom is -0.489 e. The number of nitrogens with zero attached hydrogens (tertiary/aromatic N) is 7. The number of rotatable bonds is 8. The predicted octanol–water partition coefficient (Wildman–Crippen LogP) is 2.91. The van der Waals surface area contributed by atoms with Gasteiger partial charge in [0.05, 0.1) is 36.3 Å². The number of aromatic nitrogens is 4. The Hall–Kier alpha value is -4.39. The van der Waals surface area contributed by atoms with Gasteiger partial charge in [0.15, 0.2) is 11.6 Å². The van der Waals surface area contributed by atoms with Crippen LogP contribution < -0.4 is 10.3 Å². The first-order chi connectivity index (χ1) is 18.6. The van der Waals surface area contributed by atoms with Crippen molar-refractivity contribution in [3.05, 3.63) is 94.5 Å². The van der Waals surface area contributed by atoms with E-state index >= 15 is 0 Å². The Labute approximate surface area is 221 Å². The molecule has 0 spiro atoms. The molecule has 0 aliphatic carbocycles. The molecule has 0 unspecified atom stereocenters. The number of hydrogen-bond donors (Lipinski definition) is 0. The first-order valence-corrected chi connectivity index (χ1v) is 12.6. The number of benzene rings is 2. The van der Waals surface area contributed by atoms with Crippen molar-refractivity contribution < 1.29 is 4.74 Å². The molecule has 0 radical (unpaired) electrons. The van der Waals surface area contributed by atoms with Crippen LogP contribution in [0.25, 0.3) is 22.6 Å². The van der Waals surface area contributed by atoms with Gasteiger partial charge >= 0.3 is 0 Å². The minimum atomic E-state index is -0.204. The zero-order valence-corrected chi connectivity index (χ0v) is 21.3. The van der Waals surface area contributed by atoms with Crippen LogP contribution in [0.2, 0.25) is 0 Å². The van der Waals surface area contributed by atoms with Gasteiger partial charge < -0.3 is 9.64 Å². The van der Waals surface area contributed by atoms with Crippen LogP contribution in [0.4, 0.5) is 0 Å². The Kier molecular flexibility index (Phi) is 7.83. The summed E-state index contributed by atoms with van der Waals surface area (Å²) >= 11 is 0. The van der Waals surface area contributed by atoms with Crippen LogP contribution in [0.3, 0.4) is 0 Å². The van der Waals surface area contributed by atoms with Gasteiger partial charge in [0.2, 0.25) is 0 Å². The average Bonchev–Trinajstić information content (AvgIpc) is 2.96. The normalized spacial score (nSPS) is 14.2. The van der Waals surface area contributed by atoms with Crippen molar-refractivity contribution in [1.82, 2.24) is 29.5 Å². The van der Waals surface area contributed by atoms with E-state index in [0.29, 0.717) is 36.0 Å². The van der Waals surface area contributed by atoms with Gasteiger partial charge in [-0.2, -0.15) is 10.4 Å². The second-order valence-corrected chi connectivity index (χ2v) is 9.34. The van der Waals surface area contributed by atoms with Gasteiger partial charge in [0, 0.05) is 49.9 Å². The molecule has 0 saturated carbocycles. The summed E-state index contributed by atoms with van der Waals surface area (Å²) in [4.78, 5) is 26.3. The predicted molar refractivity (Wildman–Crippen MR) is 145 cm³/mol. The van der Waals surface area contributed by atoms with Gasteiger partial charge in [-0.1, -0.05) is 30.3 Å². The van der Waals surface area contributed by atoms with E-state index in [1.165, 1.54) is 10.7 Å². The van der Waals surface area contributed by atoms with E-state index in [9.17, 15) is 10.1 Å². The second kappa shape index (κ2) is 11.8. The van der Waals surface area contributed by atoms with E-state index in [-0.39, 0.29) is 5.56 Å². The SMILES string of the molecule is CN1CCN(CCOc2cnc(-c3cccc(Cn4nc(-c5cccc(C#N)c5)ccc4=O)c3)nc2)CC1. The van der Waals surface area contributed by atoms with Gasteiger partial charge in [-0.25, -0.2) is 14.6 Å². The third-order valence-electron chi connectivity index (χ3n) is 6.57. The molecule has 2 aromatic carbocycles. The van der Waals surface area contributed by atoms with Crippen molar-refractivity contribution >= 4 is 0 Å². The molecular weight excluding hydrogens is 478 g/mol. The van der Waals surface area contributed by atoms with E-state index in [4.69, 9.17) is 4.74 Å². The zero-order chi connectivity index (χ0) is 26.3. The summed E-state index contributed by atoms with van der Waals surface area (Å²) in [6, 6.07) is 20.2. The molecule has 1 saturated heterocycles.